The summed E-state index contributed by atoms with van der Waals surface area (Å²) in [5.41, 5.74) is 0. The average Bonchev–Trinajstić information content (AvgIpc) is 3.14. The highest BCUT2D eigenvalue weighted by Crippen LogP contribution is 2.43. The smallest absolute Gasteiger partial charge is 0.462 e. The van der Waals surface area contributed by atoms with Gasteiger partial charge in [0.25, 0.3) is 0 Å². The molecule has 0 aromatic carbocycles. The van der Waals surface area contributed by atoms with Gasteiger partial charge in [0, 0.05) is 12.8 Å². The van der Waals surface area contributed by atoms with Crippen molar-refractivity contribution in [3.8, 4) is 0 Å². The Bertz CT molecular complexity index is 858. The molecule has 0 amide bonds. The Kier molecular flexibility index (Phi) is 38.5. The minimum absolute atomic E-state index is 0.192. The van der Waals surface area contributed by atoms with Gasteiger partial charge in [-0.2, -0.15) is 0 Å². The molecule has 0 radical (unpaired) electrons. The predicted molar refractivity (Wildman–Crippen MR) is 215 cm³/mol. The van der Waals surface area contributed by atoms with E-state index in [0.717, 1.165) is 38.5 Å². The number of hydrogen-bond acceptors (Lipinski definition) is 9. The third kappa shape index (κ3) is 39.0. The highest BCUT2D eigenvalue weighted by Gasteiger charge is 2.27. The first-order chi connectivity index (χ1) is 25.7. The van der Waals surface area contributed by atoms with E-state index < -0.39 is 51.8 Å². The van der Waals surface area contributed by atoms with Gasteiger partial charge in [-0.1, -0.05) is 194 Å². The van der Waals surface area contributed by atoms with Crippen molar-refractivity contribution in [1.29, 1.82) is 0 Å². The van der Waals surface area contributed by atoms with Crippen LogP contribution in [0.4, 0.5) is 0 Å². The first-order valence-electron chi connectivity index (χ1n) is 22.0. The molecule has 3 atom stereocenters. The molecule has 0 aromatic rings. The summed E-state index contributed by atoms with van der Waals surface area (Å²) >= 11 is 0. The molecular formula is C42H83O10P. The van der Waals surface area contributed by atoms with Crippen molar-refractivity contribution < 1.29 is 47.8 Å². The molecule has 0 spiro atoms. The van der Waals surface area contributed by atoms with E-state index in [1.807, 2.05) is 0 Å². The molecular weight excluding hydrogens is 695 g/mol. The number of hydrogen-bond donors (Lipinski definition) is 3. The minimum Gasteiger partial charge on any atom is -0.462 e. The van der Waals surface area contributed by atoms with Gasteiger partial charge < -0.3 is 24.6 Å². The zero-order chi connectivity index (χ0) is 39.1. The Morgan fingerprint density at radius 1 is 0.491 bits per heavy atom. The summed E-state index contributed by atoms with van der Waals surface area (Å²) in [4.78, 5) is 35.0. The molecule has 316 valence electrons. The van der Waals surface area contributed by atoms with E-state index in [-0.39, 0.29) is 19.4 Å². The van der Waals surface area contributed by atoms with Crippen LogP contribution in [0, 0.1) is 0 Å². The quantitative estimate of drug-likeness (QED) is 0.0310. The molecule has 3 unspecified atom stereocenters. The number of phosphoric acid groups is 1. The maximum absolute atomic E-state index is 12.6. The lowest BCUT2D eigenvalue weighted by Gasteiger charge is -2.20. The average molecular weight is 779 g/mol. The van der Waals surface area contributed by atoms with Crippen LogP contribution < -0.4 is 0 Å². The lowest BCUT2D eigenvalue weighted by Crippen LogP contribution is -2.29. The van der Waals surface area contributed by atoms with Gasteiger partial charge in [0.2, 0.25) is 0 Å². The zero-order valence-corrected chi connectivity index (χ0v) is 35.2. The van der Waals surface area contributed by atoms with Gasteiger partial charge in [0.15, 0.2) is 6.10 Å². The maximum Gasteiger partial charge on any atom is 0.472 e. The molecule has 0 aliphatic carbocycles. The number of unbranched alkanes of at least 4 members (excludes halogenated alkanes) is 28. The standard InChI is InChI=1S/C42H83O10P/c1-3-5-7-9-11-13-15-17-18-19-20-22-24-26-28-30-32-34-42(46)52-40(38-51-53(47,48)50-36-39(44)35-43)37-49-41(45)33-31-29-27-25-23-21-16-14-12-10-8-6-4-2/h39-40,43-44H,3-38H2,1-2H3,(H,47,48). The predicted octanol–water partition coefficient (Wildman–Crippen LogP) is 11.5. The number of aliphatic hydroxyl groups is 2. The van der Waals surface area contributed by atoms with Crippen molar-refractivity contribution in [2.45, 2.75) is 232 Å². The summed E-state index contributed by atoms with van der Waals surface area (Å²) in [6.07, 6.45) is 34.9. The summed E-state index contributed by atoms with van der Waals surface area (Å²) in [6.45, 7) is 2.42. The number of aliphatic hydroxyl groups excluding tert-OH is 2. The topological polar surface area (TPSA) is 149 Å². The van der Waals surface area contributed by atoms with Crippen LogP contribution in [0.5, 0.6) is 0 Å². The SMILES string of the molecule is CCCCCCCCCCCCCCCCCCCC(=O)OC(COC(=O)CCCCCCCCCCCCCCC)COP(=O)(O)OCC(O)CO. The van der Waals surface area contributed by atoms with Crippen LogP contribution in [-0.4, -0.2) is 65.7 Å². The van der Waals surface area contributed by atoms with Gasteiger partial charge in [0.1, 0.15) is 12.7 Å². The van der Waals surface area contributed by atoms with Gasteiger partial charge in [-0.15, -0.1) is 0 Å². The Morgan fingerprint density at radius 2 is 0.811 bits per heavy atom. The Morgan fingerprint density at radius 3 is 1.17 bits per heavy atom. The van der Waals surface area contributed by atoms with Crippen molar-refractivity contribution in [2.24, 2.45) is 0 Å². The van der Waals surface area contributed by atoms with Crippen molar-refractivity contribution in [2.75, 3.05) is 26.4 Å². The van der Waals surface area contributed by atoms with Crippen molar-refractivity contribution in [3.05, 3.63) is 0 Å². The largest absolute Gasteiger partial charge is 0.472 e. The zero-order valence-electron chi connectivity index (χ0n) is 34.3. The molecule has 0 bridgehead atoms. The molecule has 3 N–H and O–H groups in total. The van der Waals surface area contributed by atoms with Crippen molar-refractivity contribution in [1.82, 2.24) is 0 Å². The highest BCUT2D eigenvalue weighted by molar-refractivity contribution is 7.47. The van der Waals surface area contributed by atoms with Crippen LogP contribution in [0.2, 0.25) is 0 Å². The van der Waals surface area contributed by atoms with Gasteiger partial charge in [-0.05, 0) is 12.8 Å². The summed E-state index contributed by atoms with van der Waals surface area (Å²) in [5.74, 6) is -0.909. The van der Waals surface area contributed by atoms with Crippen molar-refractivity contribution >= 4 is 19.8 Å². The fraction of sp³-hybridized carbons (Fsp3) is 0.952. The molecule has 0 aliphatic rings. The van der Waals surface area contributed by atoms with Crippen LogP contribution in [0.3, 0.4) is 0 Å². The van der Waals surface area contributed by atoms with E-state index in [4.69, 9.17) is 23.6 Å². The Hall–Kier alpha value is -1.03. The maximum atomic E-state index is 12.6. The normalized spacial score (nSPS) is 13.8. The van der Waals surface area contributed by atoms with Crippen LogP contribution in [0.25, 0.3) is 0 Å². The second-order valence-electron chi connectivity index (χ2n) is 15.1. The molecule has 10 nitrogen and oxygen atoms in total. The number of ether oxygens (including phenoxy) is 2. The first-order valence-corrected chi connectivity index (χ1v) is 23.5. The molecule has 0 saturated heterocycles. The molecule has 0 rings (SSSR count). The van der Waals surface area contributed by atoms with Gasteiger partial charge in [-0.3, -0.25) is 18.6 Å². The number of carbonyl (C=O) groups excluding carboxylic acids is 2. The summed E-state index contributed by atoms with van der Waals surface area (Å²) in [5, 5.41) is 18.3. The summed E-state index contributed by atoms with van der Waals surface area (Å²) in [7, 11) is -4.61. The second-order valence-corrected chi connectivity index (χ2v) is 16.5. The third-order valence-electron chi connectivity index (χ3n) is 9.76. The third-order valence-corrected chi connectivity index (χ3v) is 10.7. The Balaban J connectivity index is 4.23. The summed E-state index contributed by atoms with van der Waals surface area (Å²) in [6, 6.07) is 0. The van der Waals surface area contributed by atoms with E-state index >= 15 is 0 Å². The molecule has 11 heteroatoms. The Labute approximate surface area is 324 Å². The van der Waals surface area contributed by atoms with E-state index in [1.54, 1.807) is 0 Å². The monoisotopic (exact) mass is 779 g/mol. The van der Waals surface area contributed by atoms with E-state index in [1.165, 1.54) is 141 Å². The van der Waals surface area contributed by atoms with Gasteiger partial charge in [0.05, 0.1) is 19.8 Å². The lowest BCUT2D eigenvalue weighted by molar-refractivity contribution is -0.161. The van der Waals surface area contributed by atoms with E-state index in [2.05, 4.69) is 13.8 Å². The molecule has 0 saturated carbocycles. The number of carbonyl (C=O) groups is 2. The van der Waals surface area contributed by atoms with Crippen molar-refractivity contribution in [3.63, 3.8) is 0 Å². The highest BCUT2D eigenvalue weighted by atomic mass is 31.2. The van der Waals surface area contributed by atoms with Crippen LogP contribution in [-0.2, 0) is 32.7 Å². The molecule has 0 fully saturated rings. The molecule has 0 aromatic heterocycles. The first kappa shape index (κ1) is 52.0. The van der Waals surface area contributed by atoms with Gasteiger partial charge >= 0.3 is 19.8 Å². The minimum atomic E-state index is -4.61. The fourth-order valence-corrected chi connectivity index (χ4v) is 7.14. The van der Waals surface area contributed by atoms with Gasteiger partial charge in [-0.25, -0.2) is 4.57 Å². The molecule has 0 aliphatic heterocycles. The second kappa shape index (κ2) is 39.2. The summed E-state index contributed by atoms with van der Waals surface area (Å²) < 4.78 is 32.7. The van der Waals surface area contributed by atoms with Crippen LogP contribution in [0.15, 0.2) is 0 Å². The number of esters is 2. The lowest BCUT2D eigenvalue weighted by atomic mass is 10.0. The van der Waals surface area contributed by atoms with Crippen LogP contribution in [0.1, 0.15) is 219 Å². The number of rotatable bonds is 42. The number of phosphoric ester groups is 1. The van der Waals surface area contributed by atoms with Crippen LogP contribution >= 0.6 is 7.82 Å². The van der Waals surface area contributed by atoms with E-state index in [9.17, 15) is 24.2 Å². The van der Waals surface area contributed by atoms with E-state index in [0.29, 0.717) is 12.8 Å². The fourth-order valence-electron chi connectivity index (χ4n) is 6.35. The molecule has 0 heterocycles. The molecule has 53 heavy (non-hydrogen) atoms.